The van der Waals surface area contributed by atoms with E-state index in [1.807, 2.05) is 0 Å². The van der Waals surface area contributed by atoms with E-state index in [1.54, 1.807) is 0 Å². The molecule has 1 aliphatic carbocycles. The highest BCUT2D eigenvalue weighted by atomic mass is 79.9. The predicted octanol–water partition coefficient (Wildman–Crippen LogP) is 5.38. The highest BCUT2D eigenvalue weighted by molar-refractivity contribution is 9.09. The summed E-state index contributed by atoms with van der Waals surface area (Å²) in [6.45, 7) is 1.33. The summed E-state index contributed by atoms with van der Waals surface area (Å²) in [5.74, 6) is 0. The van der Waals surface area contributed by atoms with Crippen LogP contribution in [0.2, 0.25) is 0 Å². The lowest BCUT2D eigenvalue weighted by atomic mass is 9.94. The van der Waals surface area contributed by atoms with Crippen LogP contribution in [0.5, 0.6) is 0 Å². The number of hydrogen-bond acceptors (Lipinski definition) is 1. The maximum atomic E-state index is 3.49. The van der Waals surface area contributed by atoms with E-state index in [1.165, 1.54) is 88.9 Å². The molecule has 1 saturated carbocycles. The Kier molecular flexibility index (Phi) is 10.3. The highest BCUT2D eigenvalue weighted by Crippen LogP contribution is 2.21. The first kappa shape index (κ1) is 16.5. The Morgan fingerprint density at radius 3 is 2.00 bits per heavy atom. The molecule has 0 atom stereocenters. The van der Waals surface area contributed by atoms with E-state index in [2.05, 4.69) is 27.9 Å². The van der Waals surface area contributed by atoms with Crippen LogP contribution in [0, 0.1) is 0 Å². The molecule has 1 rings (SSSR count). The van der Waals surface area contributed by atoms with Crippen LogP contribution in [0.15, 0.2) is 0 Å². The number of unbranched alkanes of at least 4 members (excludes halogenated alkanes) is 6. The van der Waals surface area contributed by atoms with Crippen LogP contribution < -0.4 is 0 Å². The third-order valence-corrected chi connectivity index (χ3v) is 4.90. The van der Waals surface area contributed by atoms with E-state index in [0.717, 1.165) is 6.04 Å². The summed E-state index contributed by atoms with van der Waals surface area (Å²) in [6, 6.07) is 0.901. The average Bonchev–Trinajstić information content (AvgIpc) is 2.42. The van der Waals surface area contributed by atoms with Gasteiger partial charge in [0.15, 0.2) is 0 Å². The highest BCUT2D eigenvalue weighted by Gasteiger charge is 2.16. The Hall–Kier alpha value is 0.440. The summed E-state index contributed by atoms with van der Waals surface area (Å²) in [4.78, 5) is 2.63. The topological polar surface area (TPSA) is 3.24 Å². The second-order valence-corrected chi connectivity index (χ2v) is 6.73. The normalized spacial score (nSPS) is 17.5. The van der Waals surface area contributed by atoms with Crippen molar-refractivity contribution in [3.05, 3.63) is 0 Å². The monoisotopic (exact) mass is 317 g/mol. The van der Waals surface area contributed by atoms with Crippen LogP contribution in [-0.2, 0) is 0 Å². The number of halogens is 1. The lowest BCUT2D eigenvalue weighted by Crippen LogP contribution is -2.34. The Balaban J connectivity index is 1.87. The van der Waals surface area contributed by atoms with Gasteiger partial charge in [0.05, 0.1) is 0 Å². The van der Waals surface area contributed by atoms with Gasteiger partial charge in [0.1, 0.15) is 0 Å². The van der Waals surface area contributed by atoms with E-state index in [0.29, 0.717) is 0 Å². The van der Waals surface area contributed by atoms with Crippen molar-refractivity contribution in [2.24, 2.45) is 0 Å². The van der Waals surface area contributed by atoms with Crippen LogP contribution in [0.3, 0.4) is 0 Å². The van der Waals surface area contributed by atoms with E-state index in [4.69, 9.17) is 0 Å². The minimum atomic E-state index is 0.901. The smallest absolute Gasteiger partial charge is 0.00922 e. The Labute approximate surface area is 123 Å². The first-order valence-electron chi connectivity index (χ1n) is 8.11. The van der Waals surface area contributed by atoms with Gasteiger partial charge in [0.2, 0.25) is 0 Å². The van der Waals surface area contributed by atoms with Crippen molar-refractivity contribution in [1.82, 2.24) is 4.90 Å². The van der Waals surface area contributed by atoms with Gasteiger partial charge in [-0.15, -0.1) is 0 Å². The second kappa shape index (κ2) is 11.3. The molecule has 0 aromatic rings. The number of rotatable bonds is 10. The summed E-state index contributed by atoms with van der Waals surface area (Å²) >= 11 is 3.49. The first-order chi connectivity index (χ1) is 8.84. The van der Waals surface area contributed by atoms with E-state index >= 15 is 0 Å². The molecule has 0 aromatic heterocycles. The molecule has 0 amide bonds. The van der Waals surface area contributed by atoms with Crippen molar-refractivity contribution in [2.45, 2.75) is 83.1 Å². The summed E-state index contributed by atoms with van der Waals surface area (Å²) in [5, 5.41) is 1.18. The van der Waals surface area contributed by atoms with E-state index < -0.39 is 0 Å². The van der Waals surface area contributed by atoms with Gasteiger partial charge in [-0.05, 0) is 39.3 Å². The second-order valence-electron chi connectivity index (χ2n) is 5.94. The van der Waals surface area contributed by atoms with Crippen LogP contribution in [0.4, 0.5) is 0 Å². The van der Waals surface area contributed by atoms with Gasteiger partial charge in [0.25, 0.3) is 0 Å². The van der Waals surface area contributed by atoms with Gasteiger partial charge in [-0.1, -0.05) is 67.3 Å². The van der Waals surface area contributed by atoms with Gasteiger partial charge in [-0.2, -0.15) is 0 Å². The fourth-order valence-corrected chi connectivity index (χ4v) is 3.44. The zero-order valence-electron chi connectivity index (χ0n) is 12.3. The molecule has 1 aliphatic rings. The molecule has 0 aromatic carbocycles. The van der Waals surface area contributed by atoms with Crippen LogP contribution in [-0.4, -0.2) is 29.9 Å². The molecule has 2 heteroatoms. The van der Waals surface area contributed by atoms with Crippen molar-refractivity contribution in [1.29, 1.82) is 0 Å². The minimum absolute atomic E-state index is 0.901. The fourth-order valence-electron chi connectivity index (χ4n) is 3.04. The predicted molar refractivity (Wildman–Crippen MR) is 85.6 cm³/mol. The average molecular weight is 318 g/mol. The van der Waals surface area contributed by atoms with Gasteiger partial charge < -0.3 is 4.90 Å². The third kappa shape index (κ3) is 7.78. The maximum absolute atomic E-state index is 3.49. The lowest BCUT2D eigenvalue weighted by Gasteiger charge is -2.31. The fraction of sp³-hybridized carbons (Fsp3) is 1.00. The Morgan fingerprint density at radius 1 is 0.833 bits per heavy atom. The zero-order chi connectivity index (χ0) is 13.1. The number of alkyl halides is 1. The summed E-state index contributed by atoms with van der Waals surface area (Å²) in [5.41, 5.74) is 0. The standard InChI is InChI=1S/C16H32BrN/c1-18(16-12-8-7-9-13-16)15-11-6-4-2-3-5-10-14-17/h16H,2-15H2,1H3. The molecule has 1 fully saturated rings. The first-order valence-corrected chi connectivity index (χ1v) is 9.23. The van der Waals surface area contributed by atoms with Crippen LogP contribution in [0.25, 0.3) is 0 Å². The zero-order valence-corrected chi connectivity index (χ0v) is 13.9. The van der Waals surface area contributed by atoms with Gasteiger partial charge >= 0.3 is 0 Å². The molecule has 0 aliphatic heterocycles. The quantitative estimate of drug-likeness (QED) is 0.386. The third-order valence-electron chi connectivity index (χ3n) is 4.34. The Morgan fingerprint density at radius 2 is 1.39 bits per heavy atom. The molecule has 0 bridgehead atoms. The van der Waals surface area contributed by atoms with Gasteiger partial charge in [0, 0.05) is 11.4 Å². The summed E-state index contributed by atoms with van der Waals surface area (Å²) in [6.07, 6.45) is 17.2. The molecule has 0 spiro atoms. The van der Waals surface area contributed by atoms with E-state index in [9.17, 15) is 0 Å². The largest absolute Gasteiger partial charge is 0.303 e. The van der Waals surface area contributed by atoms with Gasteiger partial charge in [-0.3, -0.25) is 0 Å². The summed E-state index contributed by atoms with van der Waals surface area (Å²) < 4.78 is 0. The van der Waals surface area contributed by atoms with Crippen LogP contribution in [0.1, 0.15) is 77.0 Å². The van der Waals surface area contributed by atoms with Gasteiger partial charge in [-0.25, -0.2) is 0 Å². The maximum Gasteiger partial charge on any atom is 0.00922 e. The minimum Gasteiger partial charge on any atom is -0.303 e. The molecule has 1 nitrogen and oxygen atoms in total. The van der Waals surface area contributed by atoms with Crippen LogP contribution >= 0.6 is 15.9 Å². The number of nitrogens with zero attached hydrogens (tertiary/aromatic N) is 1. The van der Waals surface area contributed by atoms with Crippen molar-refractivity contribution in [3.63, 3.8) is 0 Å². The van der Waals surface area contributed by atoms with Crippen molar-refractivity contribution < 1.29 is 0 Å². The SMILES string of the molecule is CN(CCCCCCCCCBr)C1CCCCC1. The molecule has 18 heavy (non-hydrogen) atoms. The molecule has 0 N–H and O–H groups in total. The van der Waals surface area contributed by atoms with Crippen molar-refractivity contribution in [3.8, 4) is 0 Å². The van der Waals surface area contributed by atoms with E-state index in [-0.39, 0.29) is 0 Å². The molecule has 0 saturated heterocycles. The molecule has 108 valence electrons. The van der Waals surface area contributed by atoms with Crippen molar-refractivity contribution >= 4 is 15.9 Å². The molecule has 0 heterocycles. The lowest BCUT2D eigenvalue weighted by molar-refractivity contribution is 0.188. The van der Waals surface area contributed by atoms with Crippen molar-refractivity contribution in [2.75, 3.05) is 18.9 Å². The number of hydrogen-bond donors (Lipinski definition) is 0. The molecule has 0 unspecified atom stereocenters. The Bertz CT molecular complexity index is 178. The summed E-state index contributed by atoms with van der Waals surface area (Å²) in [7, 11) is 2.34. The molecular weight excluding hydrogens is 286 g/mol. The molecule has 0 radical (unpaired) electrons. The molecular formula is C16H32BrN.